The lowest BCUT2D eigenvalue weighted by Gasteiger charge is -2.10. The minimum absolute atomic E-state index is 0.138. The van der Waals surface area contributed by atoms with Crippen LogP contribution in [0.4, 0.5) is 0 Å². The molecule has 0 bridgehead atoms. The number of rotatable bonds is 5. The maximum atomic E-state index is 6.20. The average Bonchev–Trinajstić information content (AvgIpc) is 2.61. The lowest BCUT2D eigenvalue weighted by atomic mass is 10.1. The SMILES string of the molecule is Cc1nn(C)c(COc2cccc(CC(C)N)c2)c1Cl. The third-order valence-corrected chi connectivity index (χ3v) is 3.58. The Bertz CT molecular complexity index is 593. The Hall–Kier alpha value is -1.52. The Labute approximate surface area is 124 Å². The van der Waals surface area contributed by atoms with E-state index in [0.29, 0.717) is 11.6 Å². The largest absolute Gasteiger partial charge is 0.487 e. The topological polar surface area (TPSA) is 53.1 Å². The van der Waals surface area contributed by atoms with E-state index in [2.05, 4.69) is 11.2 Å². The number of hydrogen-bond donors (Lipinski definition) is 1. The van der Waals surface area contributed by atoms with Crippen molar-refractivity contribution in [2.45, 2.75) is 32.9 Å². The van der Waals surface area contributed by atoms with Crippen LogP contribution < -0.4 is 10.5 Å². The summed E-state index contributed by atoms with van der Waals surface area (Å²) in [5.41, 5.74) is 8.68. The van der Waals surface area contributed by atoms with Gasteiger partial charge in [-0.25, -0.2) is 0 Å². The summed E-state index contributed by atoms with van der Waals surface area (Å²) in [7, 11) is 1.87. The van der Waals surface area contributed by atoms with E-state index in [1.54, 1.807) is 4.68 Å². The second-order valence-corrected chi connectivity index (χ2v) is 5.47. The van der Waals surface area contributed by atoms with Gasteiger partial charge in [-0.05, 0) is 38.0 Å². The number of aryl methyl sites for hydroxylation is 2. The van der Waals surface area contributed by atoms with Crippen molar-refractivity contribution in [2.75, 3.05) is 0 Å². The molecule has 0 fully saturated rings. The predicted octanol–water partition coefficient (Wildman–Crippen LogP) is 2.85. The van der Waals surface area contributed by atoms with Crippen molar-refractivity contribution in [3.8, 4) is 5.75 Å². The predicted molar refractivity (Wildman–Crippen MR) is 81.1 cm³/mol. The van der Waals surface area contributed by atoms with Crippen molar-refractivity contribution in [2.24, 2.45) is 12.8 Å². The molecule has 1 atom stereocenters. The van der Waals surface area contributed by atoms with Crippen molar-refractivity contribution in [3.63, 3.8) is 0 Å². The highest BCUT2D eigenvalue weighted by atomic mass is 35.5. The maximum Gasteiger partial charge on any atom is 0.131 e. The molecule has 0 aliphatic heterocycles. The summed E-state index contributed by atoms with van der Waals surface area (Å²) in [6, 6.07) is 8.11. The molecule has 20 heavy (non-hydrogen) atoms. The molecule has 0 saturated carbocycles. The quantitative estimate of drug-likeness (QED) is 0.922. The monoisotopic (exact) mass is 293 g/mol. The first-order valence-electron chi connectivity index (χ1n) is 6.62. The molecule has 1 unspecified atom stereocenters. The Kier molecular flexibility index (Phi) is 4.68. The average molecular weight is 294 g/mol. The van der Waals surface area contributed by atoms with Gasteiger partial charge in [0.05, 0.1) is 16.4 Å². The minimum Gasteiger partial charge on any atom is -0.487 e. The van der Waals surface area contributed by atoms with E-state index in [0.717, 1.165) is 23.6 Å². The van der Waals surface area contributed by atoms with Crippen LogP contribution in [-0.4, -0.2) is 15.8 Å². The summed E-state index contributed by atoms with van der Waals surface area (Å²) in [4.78, 5) is 0. The first-order chi connectivity index (χ1) is 9.47. The normalized spacial score (nSPS) is 12.4. The van der Waals surface area contributed by atoms with Crippen LogP contribution in [-0.2, 0) is 20.1 Å². The molecule has 0 amide bonds. The third kappa shape index (κ3) is 3.52. The molecule has 0 radical (unpaired) electrons. The van der Waals surface area contributed by atoms with Crippen molar-refractivity contribution in [3.05, 3.63) is 46.2 Å². The van der Waals surface area contributed by atoms with Gasteiger partial charge >= 0.3 is 0 Å². The molecular weight excluding hydrogens is 274 g/mol. The van der Waals surface area contributed by atoms with Gasteiger partial charge in [0, 0.05) is 13.1 Å². The van der Waals surface area contributed by atoms with Crippen molar-refractivity contribution < 1.29 is 4.74 Å². The molecule has 2 rings (SSSR count). The second kappa shape index (κ2) is 6.29. The highest BCUT2D eigenvalue weighted by molar-refractivity contribution is 6.31. The van der Waals surface area contributed by atoms with Crippen molar-refractivity contribution >= 4 is 11.6 Å². The number of nitrogens with zero attached hydrogens (tertiary/aromatic N) is 2. The van der Waals surface area contributed by atoms with Crippen LogP contribution in [0.5, 0.6) is 5.75 Å². The Balaban J connectivity index is 2.07. The lowest BCUT2D eigenvalue weighted by Crippen LogP contribution is -2.17. The van der Waals surface area contributed by atoms with Crippen molar-refractivity contribution in [1.82, 2.24) is 9.78 Å². The summed E-state index contributed by atoms with van der Waals surface area (Å²) in [6.45, 7) is 4.28. The summed E-state index contributed by atoms with van der Waals surface area (Å²) in [5, 5.41) is 4.93. The van der Waals surface area contributed by atoms with E-state index < -0.39 is 0 Å². The van der Waals surface area contributed by atoms with Gasteiger partial charge in [-0.15, -0.1) is 0 Å². The number of nitrogens with two attached hydrogens (primary N) is 1. The molecule has 0 aliphatic rings. The third-order valence-electron chi connectivity index (χ3n) is 3.09. The molecule has 4 nitrogen and oxygen atoms in total. The number of hydrogen-bond acceptors (Lipinski definition) is 3. The zero-order valence-corrected chi connectivity index (χ0v) is 12.8. The summed E-state index contributed by atoms with van der Waals surface area (Å²) < 4.78 is 7.56. The lowest BCUT2D eigenvalue weighted by molar-refractivity contribution is 0.294. The highest BCUT2D eigenvalue weighted by Gasteiger charge is 2.11. The van der Waals surface area contributed by atoms with E-state index in [-0.39, 0.29) is 6.04 Å². The number of aromatic nitrogens is 2. The van der Waals surface area contributed by atoms with Crippen LogP contribution in [0.2, 0.25) is 5.02 Å². The molecule has 5 heteroatoms. The van der Waals surface area contributed by atoms with E-state index in [1.807, 2.05) is 39.1 Å². The van der Waals surface area contributed by atoms with Crippen molar-refractivity contribution in [1.29, 1.82) is 0 Å². The molecule has 108 valence electrons. The first kappa shape index (κ1) is 14.9. The zero-order valence-electron chi connectivity index (χ0n) is 12.1. The van der Waals surface area contributed by atoms with Crippen LogP contribution in [0.3, 0.4) is 0 Å². The smallest absolute Gasteiger partial charge is 0.131 e. The molecule has 0 spiro atoms. The molecule has 0 saturated heterocycles. The van der Waals surface area contributed by atoms with E-state index in [9.17, 15) is 0 Å². The molecule has 2 aromatic rings. The van der Waals surface area contributed by atoms with Gasteiger partial charge < -0.3 is 10.5 Å². The van der Waals surface area contributed by atoms with Gasteiger partial charge in [0.2, 0.25) is 0 Å². The Morgan fingerprint density at radius 3 is 2.80 bits per heavy atom. The summed E-state index contributed by atoms with van der Waals surface area (Å²) in [6.07, 6.45) is 0.836. The van der Waals surface area contributed by atoms with Crippen LogP contribution in [0, 0.1) is 6.92 Å². The molecule has 2 N–H and O–H groups in total. The Morgan fingerprint density at radius 1 is 1.45 bits per heavy atom. The Morgan fingerprint density at radius 2 is 2.20 bits per heavy atom. The summed E-state index contributed by atoms with van der Waals surface area (Å²) >= 11 is 6.20. The molecule has 0 aliphatic carbocycles. The first-order valence-corrected chi connectivity index (χ1v) is 7.00. The van der Waals surface area contributed by atoms with Crippen LogP contribution in [0.25, 0.3) is 0 Å². The number of ether oxygens (including phenoxy) is 1. The van der Waals surface area contributed by atoms with E-state index >= 15 is 0 Å². The fourth-order valence-electron chi connectivity index (χ4n) is 2.12. The highest BCUT2D eigenvalue weighted by Crippen LogP contribution is 2.22. The van der Waals surface area contributed by atoms with E-state index in [1.165, 1.54) is 5.56 Å². The van der Waals surface area contributed by atoms with Gasteiger partial charge in [-0.3, -0.25) is 4.68 Å². The fraction of sp³-hybridized carbons (Fsp3) is 0.400. The number of halogens is 1. The molecule has 1 aromatic heterocycles. The minimum atomic E-state index is 0.138. The van der Waals surface area contributed by atoms with Gasteiger partial charge in [0.25, 0.3) is 0 Å². The van der Waals surface area contributed by atoms with Gasteiger partial charge in [0.15, 0.2) is 0 Å². The molecule has 1 heterocycles. The standard InChI is InChI=1S/C15H20ClN3O/c1-10(17)7-12-5-4-6-13(8-12)20-9-14-15(16)11(2)18-19(14)3/h4-6,8,10H,7,9,17H2,1-3H3. The van der Waals surface area contributed by atoms with Crippen LogP contribution >= 0.6 is 11.6 Å². The summed E-state index contributed by atoms with van der Waals surface area (Å²) in [5.74, 6) is 0.818. The van der Waals surface area contributed by atoms with Gasteiger partial charge in [-0.2, -0.15) is 5.10 Å². The second-order valence-electron chi connectivity index (χ2n) is 5.09. The maximum absolute atomic E-state index is 6.20. The molecular formula is C15H20ClN3O. The molecule has 1 aromatic carbocycles. The van der Waals surface area contributed by atoms with Crippen LogP contribution in [0.15, 0.2) is 24.3 Å². The van der Waals surface area contributed by atoms with Crippen LogP contribution in [0.1, 0.15) is 23.9 Å². The number of benzene rings is 1. The van der Waals surface area contributed by atoms with Gasteiger partial charge in [0.1, 0.15) is 12.4 Å². The van der Waals surface area contributed by atoms with Gasteiger partial charge in [-0.1, -0.05) is 23.7 Å². The fourth-order valence-corrected chi connectivity index (χ4v) is 2.34. The van der Waals surface area contributed by atoms with E-state index in [4.69, 9.17) is 22.1 Å². The zero-order chi connectivity index (χ0) is 14.7.